The van der Waals surface area contributed by atoms with Crippen LogP contribution in [0.4, 0.5) is 11.4 Å². The summed E-state index contributed by atoms with van der Waals surface area (Å²) < 4.78 is 12.9. The van der Waals surface area contributed by atoms with E-state index in [0.717, 1.165) is 47.1 Å². The summed E-state index contributed by atoms with van der Waals surface area (Å²) in [5, 5.41) is 3.60. The van der Waals surface area contributed by atoms with Gasteiger partial charge in [-0.3, -0.25) is 4.79 Å². The number of carbonyl (C=O) groups excluding carboxylic acids is 1. The van der Waals surface area contributed by atoms with Crippen molar-refractivity contribution in [2.45, 2.75) is 13.1 Å². The van der Waals surface area contributed by atoms with Gasteiger partial charge in [-0.2, -0.15) is 0 Å². The predicted octanol–water partition coefficient (Wildman–Crippen LogP) is 4.74. The van der Waals surface area contributed by atoms with Gasteiger partial charge >= 0.3 is 0 Å². The number of ether oxygens (including phenoxy) is 2. The summed E-state index contributed by atoms with van der Waals surface area (Å²) in [7, 11) is 1.60. The fourth-order valence-electron chi connectivity index (χ4n) is 4.01. The van der Waals surface area contributed by atoms with Crippen molar-refractivity contribution < 1.29 is 14.3 Å². The molecule has 3 aromatic carbocycles. The standard InChI is InChI=1S/C25H23ClN4O3/c1-32-20-6-8-21(9-7-20)33-16-25(31)27-18-3-2-4-19(14-18)29-11-12-30-23-10-5-17(26)13-22(23)28-24(30)15-29/h2-10,13-14H,11-12,15-16H2,1H3,(H,27,31). The lowest BCUT2D eigenvalue weighted by atomic mass is 10.2. The third-order valence-corrected chi connectivity index (χ3v) is 5.87. The van der Waals surface area contributed by atoms with E-state index in [1.807, 2.05) is 42.5 Å². The maximum absolute atomic E-state index is 12.4. The van der Waals surface area contributed by atoms with E-state index in [0.29, 0.717) is 17.3 Å². The molecule has 0 aliphatic carbocycles. The molecule has 1 aromatic heterocycles. The number of methoxy groups -OCH3 is 1. The Balaban J connectivity index is 1.23. The highest BCUT2D eigenvalue weighted by Crippen LogP contribution is 2.27. The second kappa shape index (κ2) is 9.03. The summed E-state index contributed by atoms with van der Waals surface area (Å²) in [5.74, 6) is 2.12. The molecular weight excluding hydrogens is 440 g/mol. The van der Waals surface area contributed by atoms with Crippen molar-refractivity contribution in [1.82, 2.24) is 9.55 Å². The lowest BCUT2D eigenvalue weighted by Crippen LogP contribution is -2.33. The molecule has 0 atom stereocenters. The fourth-order valence-corrected chi connectivity index (χ4v) is 4.18. The Morgan fingerprint density at radius 2 is 1.88 bits per heavy atom. The Hall–Kier alpha value is -3.71. The maximum atomic E-state index is 12.4. The molecule has 0 bridgehead atoms. The Morgan fingerprint density at radius 3 is 2.70 bits per heavy atom. The van der Waals surface area contributed by atoms with E-state index in [2.05, 4.69) is 14.8 Å². The Morgan fingerprint density at radius 1 is 1.06 bits per heavy atom. The van der Waals surface area contributed by atoms with Gasteiger partial charge in [0.1, 0.15) is 17.3 Å². The lowest BCUT2D eigenvalue weighted by molar-refractivity contribution is -0.118. The van der Waals surface area contributed by atoms with Crippen LogP contribution < -0.4 is 19.7 Å². The molecule has 0 saturated carbocycles. The average Bonchev–Trinajstić information content (AvgIpc) is 3.20. The second-order valence-corrected chi connectivity index (χ2v) is 8.23. The first-order valence-corrected chi connectivity index (χ1v) is 11.0. The van der Waals surface area contributed by atoms with Crippen molar-refractivity contribution in [2.24, 2.45) is 0 Å². The number of anilines is 2. The summed E-state index contributed by atoms with van der Waals surface area (Å²) in [6.07, 6.45) is 0. The number of benzene rings is 3. The van der Waals surface area contributed by atoms with E-state index >= 15 is 0 Å². The molecule has 1 amide bonds. The first-order chi connectivity index (χ1) is 16.1. The number of carbonyl (C=O) groups is 1. The number of imidazole rings is 1. The van der Waals surface area contributed by atoms with Gasteiger partial charge in [-0.25, -0.2) is 4.98 Å². The average molecular weight is 463 g/mol. The number of halogens is 1. The first kappa shape index (κ1) is 21.2. The fraction of sp³-hybridized carbons (Fsp3) is 0.200. The smallest absolute Gasteiger partial charge is 0.262 e. The summed E-state index contributed by atoms with van der Waals surface area (Å²) in [6, 6.07) is 20.8. The predicted molar refractivity (Wildman–Crippen MR) is 129 cm³/mol. The number of nitrogens with zero attached hydrogens (tertiary/aromatic N) is 3. The molecule has 4 aromatic rings. The molecule has 1 aliphatic rings. The lowest BCUT2D eigenvalue weighted by Gasteiger charge is -2.30. The van der Waals surface area contributed by atoms with Crippen LogP contribution in [0.3, 0.4) is 0 Å². The van der Waals surface area contributed by atoms with Crippen molar-refractivity contribution in [1.29, 1.82) is 0 Å². The van der Waals surface area contributed by atoms with E-state index < -0.39 is 0 Å². The van der Waals surface area contributed by atoms with Crippen LogP contribution in [0.15, 0.2) is 66.7 Å². The van der Waals surface area contributed by atoms with E-state index in [-0.39, 0.29) is 12.5 Å². The molecule has 1 N–H and O–H groups in total. The molecule has 7 nitrogen and oxygen atoms in total. The second-order valence-electron chi connectivity index (χ2n) is 7.80. The van der Waals surface area contributed by atoms with Crippen LogP contribution in [0.2, 0.25) is 5.02 Å². The van der Waals surface area contributed by atoms with Gasteiger partial charge < -0.3 is 24.3 Å². The molecule has 0 radical (unpaired) electrons. The molecule has 2 heterocycles. The number of rotatable bonds is 6. The van der Waals surface area contributed by atoms with Gasteiger partial charge in [-0.1, -0.05) is 17.7 Å². The van der Waals surface area contributed by atoms with Crippen LogP contribution in [-0.4, -0.2) is 35.7 Å². The van der Waals surface area contributed by atoms with Gasteiger partial charge in [0.15, 0.2) is 6.61 Å². The van der Waals surface area contributed by atoms with Gasteiger partial charge in [0.05, 0.1) is 24.7 Å². The van der Waals surface area contributed by atoms with Crippen molar-refractivity contribution in [2.75, 3.05) is 30.5 Å². The maximum Gasteiger partial charge on any atom is 0.262 e. The monoisotopic (exact) mass is 462 g/mol. The van der Waals surface area contributed by atoms with Crippen LogP contribution >= 0.6 is 11.6 Å². The molecule has 8 heteroatoms. The van der Waals surface area contributed by atoms with Crippen molar-refractivity contribution >= 4 is 39.9 Å². The van der Waals surface area contributed by atoms with Gasteiger partial charge in [-0.15, -0.1) is 0 Å². The Labute approximate surface area is 196 Å². The van der Waals surface area contributed by atoms with Crippen LogP contribution in [0.25, 0.3) is 11.0 Å². The zero-order valence-corrected chi connectivity index (χ0v) is 18.9. The van der Waals surface area contributed by atoms with E-state index in [1.54, 1.807) is 31.4 Å². The highest BCUT2D eigenvalue weighted by molar-refractivity contribution is 6.31. The molecule has 0 unspecified atom stereocenters. The molecule has 1 aliphatic heterocycles. The number of fused-ring (bicyclic) bond motifs is 3. The zero-order chi connectivity index (χ0) is 22.8. The molecule has 5 rings (SSSR count). The topological polar surface area (TPSA) is 68.6 Å². The van der Waals surface area contributed by atoms with Crippen LogP contribution in [0.1, 0.15) is 5.82 Å². The molecule has 0 saturated heterocycles. The molecule has 0 fully saturated rings. The van der Waals surface area contributed by atoms with Crippen molar-refractivity contribution in [3.05, 3.63) is 77.6 Å². The normalized spacial score (nSPS) is 13.0. The first-order valence-electron chi connectivity index (χ1n) is 10.7. The van der Waals surface area contributed by atoms with E-state index in [9.17, 15) is 4.79 Å². The van der Waals surface area contributed by atoms with Gasteiger partial charge in [-0.05, 0) is 60.7 Å². The summed E-state index contributed by atoms with van der Waals surface area (Å²) >= 11 is 6.13. The number of hydrogen-bond donors (Lipinski definition) is 1. The SMILES string of the molecule is COc1ccc(OCC(=O)Nc2cccc(N3CCn4c(nc5cc(Cl)ccc54)C3)c2)cc1. The summed E-state index contributed by atoms with van der Waals surface area (Å²) in [4.78, 5) is 19.4. The summed E-state index contributed by atoms with van der Waals surface area (Å²) in [6.45, 7) is 2.29. The van der Waals surface area contributed by atoms with Crippen LogP contribution in [-0.2, 0) is 17.9 Å². The molecule has 0 spiro atoms. The zero-order valence-electron chi connectivity index (χ0n) is 18.1. The quantitative estimate of drug-likeness (QED) is 0.448. The third-order valence-electron chi connectivity index (χ3n) is 5.64. The van der Waals surface area contributed by atoms with E-state index in [1.165, 1.54) is 0 Å². The van der Waals surface area contributed by atoms with Crippen molar-refractivity contribution in [3.8, 4) is 11.5 Å². The highest BCUT2D eigenvalue weighted by atomic mass is 35.5. The van der Waals surface area contributed by atoms with E-state index in [4.69, 9.17) is 26.1 Å². The number of nitrogens with one attached hydrogen (secondary N) is 1. The Bertz CT molecular complexity index is 1300. The van der Waals surface area contributed by atoms with Gasteiger partial charge in [0, 0.05) is 29.5 Å². The highest BCUT2D eigenvalue weighted by Gasteiger charge is 2.20. The Kier molecular flexibility index (Phi) is 5.79. The van der Waals surface area contributed by atoms with Crippen molar-refractivity contribution in [3.63, 3.8) is 0 Å². The molecular formula is C25H23ClN4O3. The van der Waals surface area contributed by atoms with Crippen LogP contribution in [0, 0.1) is 0 Å². The minimum absolute atomic E-state index is 0.0765. The van der Waals surface area contributed by atoms with Crippen LogP contribution in [0.5, 0.6) is 11.5 Å². The third kappa shape index (κ3) is 4.59. The number of hydrogen-bond acceptors (Lipinski definition) is 5. The minimum Gasteiger partial charge on any atom is -0.497 e. The summed E-state index contributed by atoms with van der Waals surface area (Å²) in [5.41, 5.74) is 3.77. The van der Waals surface area contributed by atoms with Gasteiger partial charge in [0.2, 0.25) is 0 Å². The molecule has 168 valence electrons. The number of amides is 1. The minimum atomic E-state index is -0.222. The molecule has 33 heavy (non-hydrogen) atoms. The number of aromatic nitrogens is 2. The van der Waals surface area contributed by atoms with Gasteiger partial charge in [0.25, 0.3) is 5.91 Å². The largest absolute Gasteiger partial charge is 0.497 e.